The first-order valence-electron chi connectivity index (χ1n) is 6.91. The van der Waals surface area contributed by atoms with Gasteiger partial charge >= 0.3 is 0 Å². The normalized spacial score (nSPS) is 10.6. The summed E-state index contributed by atoms with van der Waals surface area (Å²) in [5.41, 5.74) is 3.69. The molecule has 0 radical (unpaired) electrons. The number of nitrogens with one attached hydrogen (secondary N) is 1. The van der Waals surface area contributed by atoms with Crippen molar-refractivity contribution in [2.75, 3.05) is 0 Å². The van der Waals surface area contributed by atoms with Crippen molar-refractivity contribution < 1.29 is 4.79 Å². The molecular formula is C17H14BrN3O. The first-order chi connectivity index (χ1) is 10.7. The van der Waals surface area contributed by atoms with Gasteiger partial charge in [0.05, 0.1) is 17.5 Å². The molecule has 110 valence electrons. The van der Waals surface area contributed by atoms with E-state index in [1.165, 1.54) is 0 Å². The van der Waals surface area contributed by atoms with Crippen LogP contribution in [0.1, 0.15) is 11.1 Å². The Morgan fingerprint density at radius 1 is 0.955 bits per heavy atom. The summed E-state index contributed by atoms with van der Waals surface area (Å²) in [7, 11) is 0. The standard InChI is InChI=1S/C17H14BrN3O/c18-14-4-1-12(2-5-14)10-17(22)21-11-13-3-6-15-16(9-13)20-8-7-19-15/h1-9H,10-11H2,(H,21,22). The van der Waals surface area contributed by atoms with Gasteiger partial charge in [-0.3, -0.25) is 14.8 Å². The largest absolute Gasteiger partial charge is 0.352 e. The summed E-state index contributed by atoms with van der Waals surface area (Å²) in [4.78, 5) is 20.5. The second-order valence-electron chi connectivity index (χ2n) is 4.96. The van der Waals surface area contributed by atoms with E-state index in [9.17, 15) is 4.79 Å². The third kappa shape index (κ3) is 3.68. The van der Waals surface area contributed by atoms with Crippen LogP contribution in [0.25, 0.3) is 11.0 Å². The number of hydrogen-bond acceptors (Lipinski definition) is 3. The second-order valence-corrected chi connectivity index (χ2v) is 5.88. The van der Waals surface area contributed by atoms with Gasteiger partial charge in [-0.1, -0.05) is 34.1 Å². The van der Waals surface area contributed by atoms with E-state index < -0.39 is 0 Å². The maximum atomic E-state index is 12.0. The number of carbonyl (C=O) groups is 1. The highest BCUT2D eigenvalue weighted by molar-refractivity contribution is 9.10. The van der Waals surface area contributed by atoms with Crippen molar-refractivity contribution in [3.63, 3.8) is 0 Å². The van der Waals surface area contributed by atoms with Crippen molar-refractivity contribution in [3.05, 3.63) is 70.5 Å². The Morgan fingerprint density at radius 2 is 1.64 bits per heavy atom. The average molecular weight is 356 g/mol. The van der Waals surface area contributed by atoms with Crippen molar-refractivity contribution in [1.82, 2.24) is 15.3 Å². The fraction of sp³-hybridized carbons (Fsp3) is 0.118. The highest BCUT2D eigenvalue weighted by atomic mass is 79.9. The van der Waals surface area contributed by atoms with Gasteiger partial charge in [-0.15, -0.1) is 0 Å². The van der Waals surface area contributed by atoms with Crippen LogP contribution in [0.3, 0.4) is 0 Å². The minimum absolute atomic E-state index is 0.00145. The van der Waals surface area contributed by atoms with Gasteiger partial charge in [-0.25, -0.2) is 0 Å². The van der Waals surface area contributed by atoms with E-state index in [-0.39, 0.29) is 5.91 Å². The first-order valence-corrected chi connectivity index (χ1v) is 7.71. The summed E-state index contributed by atoms with van der Waals surface area (Å²) in [5.74, 6) is 0.00145. The molecule has 0 bridgehead atoms. The maximum absolute atomic E-state index is 12.0. The smallest absolute Gasteiger partial charge is 0.224 e. The molecule has 0 fully saturated rings. The summed E-state index contributed by atoms with van der Waals surface area (Å²) < 4.78 is 1.01. The fourth-order valence-corrected chi connectivity index (χ4v) is 2.43. The van der Waals surface area contributed by atoms with E-state index in [1.54, 1.807) is 12.4 Å². The SMILES string of the molecule is O=C(Cc1ccc(Br)cc1)NCc1ccc2nccnc2c1. The minimum atomic E-state index is 0.00145. The van der Waals surface area contributed by atoms with E-state index >= 15 is 0 Å². The molecule has 0 saturated carbocycles. The van der Waals surface area contributed by atoms with E-state index in [0.29, 0.717) is 13.0 Å². The predicted octanol–water partition coefficient (Wildman–Crippen LogP) is 3.25. The minimum Gasteiger partial charge on any atom is -0.352 e. The van der Waals surface area contributed by atoms with Crippen molar-refractivity contribution in [2.45, 2.75) is 13.0 Å². The molecule has 0 aliphatic rings. The number of benzene rings is 2. The van der Waals surface area contributed by atoms with Crippen molar-refractivity contribution in [3.8, 4) is 0 Å². The molecule has 22 heavy (non-hydrogen) atoms. The lowest BCUT2D eigenvalue weighted by Gasteiger charge is -2.06. The molecule has 2 aromatic carbocycles. The third-order valence-electron chi connectivity index (χ3n) is 3.30. The zero-order valence-electron chi connectivity index (χ0n) is 11.8. The molecule has 0 aliphatic heterocycles. The molecule has 3 aromatic rings. The first kappa shape index (κ1) is 14.7. The van der Waals surface area contributed by atoms with Gasteiger partial charge in [-0.2, -0.15) is 0 Å². The zero-order valence-corrected chi connectivity index (χ0v) is 13.4. The highest BCUT2D eigenvalue weighted by Crippen LogP contribution is 2.12. The molecule has 4 nitrogen and oxygen atoms in total. The van der Waals surface area contributed by atoms with E-state index in [1.807, 2.05) is 42.5 Å². The van der Waals surface area contributed by atoms with Crippen LogP contribution < -0.4 is 5.32 Å². The quantitative estimate of drug-likeness (QED) is 0.781. The molecule has 0 aliphatic carbocycles. The zero-order chi connectivity index (χ0) is 15.4. The third-order valence-corrected chi connectivity index (χ3v) is 3.83. The average Bonchev–Trinajstić information content (AvgIpc) is 2.55. The Bertz CT molecular complexity index is 802. The van der Waals surface area contributed by atoms with Crippen LogP contribution in [-0.2, 0) is 17.8 Å². The summed E-state index contributed by atoms with van der Waals surface area (Å²) in [5, 5.41) is 2.93. The molecule has 1 amide bonds. The van der Waals surface area contributed by atoms with Crippen LogP contribution in [0.2, 0.25) is 0 Å². The van der Waals surface area contributed by atoms with Crippen molar-refractivity contribution in [2.24, 2.45) is 0 Å². The highest BCUT2D eigenvalue weighted by Gasteiger charge is 2.04. The second kappa shape index (κ2) is 6.66. The van der Waals surface area contributed by atoms with Crippen LogP contribution in [0.5, 0.6) is 0 Å². The lowest BCUT2D eigenvalue weighted by molar-refractivity contribution is -0.120. The molecule has 0 saturated heterocycles. The molecule has 1 N–H and O–H groups in total. The lowest BCUT2D eigenvalue weighted by Crippen LogP contribution is -2.24. The van der Waals surface area contributed by atoms with Crippen LogP contribution in [0.15, 0.2) is 59.3 Å². The van der Waals surface area contributed by atoms with Gasteiger partial charge in [0.25, 0.3) is 0 Å². The van der Waals surface area contributed by atoms with Crippen LogP contribution >= 0.6 is 15.9 Å². The van der Waals surface area contributed by atoms with Crippen LogP contribution in [0, 0.1) is 0 Å². The molecule has 0 spiro atoms. The van der Waals surface area contributed by atoms with E-state index in [2.05, 4.69) is 31.2 Å². The number of nitrogens with zero attached hydrogens (tertiary/aromatic N) is 2. The fourth-order valence-electron chi connectivity index (χ4n) is 2.17. The van der Waals surface area contributed by atoms with Gasteiger partial charge < -0.3 is 5.32 Å². The predicted molar refractivity (Wildman–Crippen MR) is 89.2 cm³/mol. The Kier molecular flexibility index (Phi) is 4.44. The maximum Gasteiger partial charge on any atom is 0.224 e. The Labute approximate surface area is 136 Å². The molecule has 1 aromatic heterocycles. The number of carbonyl (C=O) groups excluding carboxylic acids is 1. The van der Waals surface area contributed by atoms with Gasteiger partial charge in [-0.05, 0) is 35.4 Å². The molecule has 1 heterocycles. The van der Waals surface area contributed by atoms with Crippen molar-refractivity contribution >= 4 is 32.9 Å². The molecule has 3 rings (SSSR count). The molecular weight excluding hydrogens is 342 g/mol. The number of halogens is 1. The van der Waals surface area contributed by atoms with Crippen molar-refractivity contribution in [1.29, 1.82) is 0 Å². The van der Waals surface area contributed by atoms with Gasteiger partial charge in [0.1, 0.15) is 0 Å². The van der Waals surface area contributed by atoms with Gasteiger partial charge in [0.15, 0.2) is 0 Å². The number of amides is 1. The van der Waals surface area contributed by atoms with E-state index in [0.717, 1.165) is 26.6 Å². The molecule has 5 heteroatoms. The topological polar surface area (TPSA) is 54.9 Å². The number of aromatic nitrogens is 2. The van der Waals surface area contributed by atoms with Crippen LogP contribution in [-0.4, -0.2) is 15.9 Å². The monoisotopic (exact) mass is 355 g/mol. The summed E-state index contributed by atoms with van der Waals surface area (Å²) in [6, 6.07) is 13.6. The Balaban J connectivity index is 1.60. The number of rotatable bonds is 4. The summed E-state index contributed by atoms with van der Waals surface area (Å²) in [6.07, 6.45) is 3.71. The Hall–Kier alpha value is -2.27. The Morgan fingerprint density at radius 3 is 2.41 bits per heavy atom. The summed E-state index contributed by atoms with van der Waals surface area (Å²) >= 11 is 3.38. The summed E-state index contributed by atoms with van der Waals surface area (Å²) in [6.45, 7) is 0.488. The van der Waals surface area contributed by atoms with E-state index in [4.69, 9.17) is 0 Å². The molecule has 0 atom stereocenters. The number of fused-ring (bicyclic) bond motifs is 1. The number of hydrogen-bond donors (Lipinski definition) is 1. The molecule has 0 unspecified atom stereocenters. The lowest BCUT2D eigenvalue weighted by atomic mass is 10.1. The van der Waals surface area contributed by atoms with Crippen LogP contribution in [0.4, 0.5) is 0 Å². The van der Waals surface area contributed by atoms with Gasteiger partial charge in [0, 0.05) is 23.4 Å². The van der Waals surface area contributed by atoms with Gasteiger partial charge in [0.2, 0.25) is 5.91 Å².